The number of carbonyl (C=O) groups is 1. The molecule has 4 heteroatoms. The van der Waals surface area contributed by atoms with Crippen LogP contribution in [-0.4, -0.2) is 12.1 Å². The summed E-state index contributed by atoms with van der Waals surface area (Å²) in [5, 5.41) is 6.22. The van der Waals surface area contributed by atoms with E-state index in [2.05, 4.69) is 16.7 Å². The van der Waals surface area contributed by atoms with Gasteiger partial charge in [-0.25, -0.2) is 4.79 Å². The molecule has 1 aromatic carbocycles. The van der Waals surface area contributed by atoms with Gasteiger partial charge in [-0.3, -0.25) is 0 Å². The van der Waals surface area contributed by atoms with Crippen LogP contribution in [0.5, 0.6) is 0 Å². The number of rotatable bonds is 2. The number of aryl methyl sites for hydroxylation is 1. The number of hydrogen-bond acceptors (Lipinski definition) is 2. The summed E-state index contributed by atoms with van der Waals surface area (Å²) in [6.07, 6.45) is 7.87. The minimum Gasteiger partial charge on any atom is -0.399 e. The lowest BCUT2D eigenvalue weighted by Crippen LogP contribution is -2.43. The van der Waals surface area contributed by atoms with Crippen LogP contribution in [0.1, 0.15) is 55.7 Å². The van der Waals surface area contributed by atoms with Crippen LogP contribution < -0.4 is 16.4 Å². The third-order valence-corrected chi connectivity index (χ3v) is 4.48. The molecular weight excluding hydrogens is 250 g/mol. The first-order valence-corrected chi connectivity index (χ1v) is 7.68. The van der Waals surface area contributed by atoms with Gasteiger partial charge in [0.15, 0.2) is 0 Å². The van der Waals surface area contributed by atoms with E-state index in [1.165, 1.54) is 24.0 Å². The Kier molecular flexibility index (Phi) is 3.81. The minimum absolute atomic E-state index is 0.0217. The Morgan fingerprint density at radius 2 is 1.90 bits per heavy atom. The Bertz CT molecular complexity index is 494. The van der Waals surface area contributed by atoms with E-state index in [0.29, 0.717) is 6.04 Å². The van der Waals surface area contributed by atoms with Gasteiger partial charge in [0.05, 0.1) is 6.04 Å². The molecular formula is C16H23N3O. The lowest BCUT2D eigenvalue weighted by molar-refractivity contribution is 0.231. The fourth-order valence-corrected chi connectivity index (χ4v) is 3.44. The van der Waals surface area contributed by atoms with Crippen LogP contribution in [0.25, 0.3) is 0 Å². The van der Waals surface area contributed by atoms with Gasteiger partial charge in [0.1, 0.15) is 0 Å². The number of benzene rings is 1. The van der Waals surface area contributed by atoms with Gasteiger partial charge in [0.2, 0.25) is 0 Å². The molecule has 0 radical (unpaired) electrons. The van der Waals surface area contributed by atoms with Crippen molar-refractivity contribution in [2.45, 2.75) is 57.0 Å². The molecule has 3 rings (SSSR count). The standard InChI is InChI=1S/C16H23N3O/c17-12-8-9-14-11(10-12)4-3-7-15(14)19-16(20)18-13-5-1-2-6-13/h8-10,13,15H,1-7,17H2,(H2,18,19,20). The van der Waals surface area contributed by atoms with Crippen molar-refractivity contribution in [1.82, 2.24) is 10.6 Å². The van der Waals surface area contributed by atoms with Crippen molar-refractivity contribution in [2.24, 2.45) is 0 Å². The summed E-state index contributed by atoms with van der Waals surface area (Å²) in [6.45, 7) is 0. The molecule has 0 bridgehead atoms. The molecule has 1 fully saturated rings. The van der Waals surface area contributed by atoms with Crippen LogP contribution in [-0.2, 0) is 6.42 Å². The maximum Gasteiger partial charge on any atom is 0.315 e. The number of nitrogen functional groups attached to an aromatic ring is 1. The number of hydrogen-bond donors (Lipinski definition) is 3. The fraction of sp³-hybridized carbons (Fsp3) is 0.562. The van der Waals surface area contributed by atoms with E-state index in [-0.39, 0.29) is 12.1 Å². The third-order valence-electron chi connectivity index (χ3n) is 4.48. The first-order valence-electron chi connectivity index (χ1n) is 7.68. The second-order valence-corrected chi connectivity index (χ2v) is 6.00. The molecule has 4 nitrogen and oxygen atoms in total. The van der Waals surface area contributed by atoms with E-state index in [9.17, 15) is 4.79 Å². The maximum absolute atomic E-state index is 12.1. The number of fused-ring (bicyclic) bond motifs is 1. The molecule has 0 aliphatic heterocycles. The molecule has 0 heterocycles. The third kappa shape index (κ3) is 2.89. The zero-order valence-corrected chi connectivity index (χ0v) is 11.8. The van der Waals surface area contributed by atoms with Crippen LogP contribution >= 0.6 is 0 Å². The van der Waals surface area contributed by atoms with Crippen molar-refractivity contribution in [2.75, 3.05) is 5.73 Å². The molecule has 2 aliphatic carbocycles. The minimum atomic E-state index is -0.0217. The molecule has 1 unspecified atom stereocenters. The van der Waals surface area contributed by atoms with Crippen molar-refractivity contribution in [3.05, 3.63) is 29.3 Å². The van der Waals surface area contributed by atoms with Crippen LogP contribution in [0.15, 0.2) is 18.2 Å². The lowest BCUT2D eigenvalue weighted by Gasteiger charge is -2.27. The second-order valence-electron chi connectivity index (χ2n) is 6.00. The quantitative estimate of drug-likeness (QED) is 0.725. The van der Waals surface area contributed by atoms with Crippen molar-refractivity contribution in [3.8, 4) is 0 Å². The van der Waals surface area contributed by atoms with Crippen molar-refractivity contribution in [1.29, 1.82) is 0 Å². The van der Waals surface area contributed by atoms with E-state index >= 15 is 0 Å². The van der Waals surface area contributed by atoms with E-state index < -0.39 is 0 Å². The molecule has 20 heavy (non-hydrogen) atoms. The highest BCUT2D eigenvalue weighted by molar-refractivity contribution is 5.75. The van der Waals surface area contributed by atoms with Gasteiger partial charge in [-0.05, 0) is 55.4 Å². The normalized spacial score (nSPS) is 22.3. The van der Waals surface area contributed by atoms with Crippen molar-refractivity contribution in [3.63, 3.8) is 0 Å². The Morgan fingerprint density at radius 3 is 2.70 bits per heavy atom. The van der Waals surface area contributed by atoms with Crippen molar-refractivity contribution >= 4 is 11.7 Å². The number of nitrogens with one attached hydrogen (secondary N) is 2. The van der Waals surface area contributed by atoms with Gasteiger partial charge < -0.3 is 16.4 Å². The van der Waals surface area contributed by atoms with Crippen molar-refractivity contribution < 1.29 is 4.79 Å². The number of anilines is 1. The highest BCUT2D eigenvalue weighted by Gasteiger charge is 2.23. The Hall–Kier alpha value is -1.71. The molecule has 1 saturated carbocycles. The highest BCUT2D eigenvalue weighted by atomic mass is 16.2. The zero-order chi connectivity index (χ0) is 13.9. The summed E-state index contributed by atoms with van der Waals surface area (Å²) < 4.78 is 0. The SMILES string of the molecule is Nc1ccc2c(c1)CCCC2NC(=O)NC1CCCC1. The van der Waals surface area contributed by atoms with Crippen LogP contribution in [0.4, 0.5) is 10.5 Å². The number of carbonyl (C=O) groups excluding carboxylic acids is 1. The first-order chi connectivity index (χ1) is 9.72. The summed E-state index contributed by atoms with van der Waals surface area (Å²) in [6, 6.07) is 6.49. The fourth-order valence-electron chi connectivity index (χ4n) is 3.44. The Balaban J connectivity index is 1.65. The number of nitrogens with two attached hydrogens (primary N) is 1. The smallest absolute Gasteiger partial charge is 0.315 e. The van der Waals surface area contributed by atoms with Gasteiger partial charge in [0.25, 0.3) is 0 Å². The van der Waals surface area contributed by atoms with E-state index in [1.54, 1.807) is 0 Å². The summed E-state index contributed by atoms with van der Waals surface area (Å²) in [7, 11) is 0. The molecule has 1 aromatic rings. The van der Waals surface area contributed by atoms with Crippen LogP contribution in [0.2, 0.25) is 0 Å². The maximum atomic E-state index is 12.1. The zero-order valence-electron chi connectivity index (χ0n) is 11.8. The summed E-state index contributed by atoms with van der Waals surface area (Å²) in [4.78, 5) is 12.1. The average molecular weight is 273 g/mol. The van der Waals surface area contributed by atoms with Crippen LogP contribution in [0.3, 0.4) is 0 Å². The Labute approximate surface area is 120 Å². The Morgan fingerprint density at radius 1 is 1.10 bits per heavy atom. The molecule has 0 spiro atoms. The monoisotopic (exact) mass is 273 g/mol. The second kappa shape index (κ2) is 5.73. The van der Waals surface area contributed by atoms with E-state index in [4.69, 9.17) is 5.73 Å². The average Bonchev–Trinajstić information content (AvgIpc) is 2.91. The summed E-state index contributed by atoms with van der Waals surface area (Å²) in [5.74, 6) is 0. The topological polar surface area (TPSA) is 67.1 Å². The van der Waals surface area contributed by atoms with E-state index in [0.717, 1.165) is 37.8 Å². The van der Waals surface area contributed by atoms with Gasteiger partial charge in [-0.1, -0.05) is 18.9 Å². The summed E-state index contributed by atoms with van der Waals surface area (Å²) in [5.41, 5.74) is 9.15. The molecule has 0 aromatic heterocycles. The predicted octanol–water partition coefficient (Wildman–Crippen LogP) is 2.89. The molecule has 0 saturated heterocycles. The van der Waals surface area contributed by atoms with Gasteiger partial charge in [-0.15, -0.1) is 0 Å². The number of amides is 2. The highest BCUT2D eigenvalue weighted by Crippen LogP contribution is 2.31. The van der Waals surface area contributed by atoms with Crippen LogP contribution in [0, 0.1) is 0 Å². The van der Waals surface area contributed by atoms with Gasteiger partial charge >= 0.3 is 6.03 Å². The van der Waals surface area contributed by atoms with E-state index in [1.807, 2.05) is 12.1 Å². The van der Waals surface area contributed by atoms with Gasteiger partial charge in [-0.2, -0.15) is 0 Å². The molecule has 108 valence electrons. The summed E-state index contributed by atoms with van der Waals surface area (Å²) >= 11 is 0. The lowest BCUT2D eigenvalue weighted by atomic mass is 9.87. The molecule has 4 N–H and O–H groups in total. The molecule has 1 atom stereocenters. The predicted molar refractivity (Wildman–Crippen MR) is 80.5 cm³/mol. The first kappa shape index (κ1) is 13.3. The number of urea groups is 1. The molecule has 2 amide bonds. The molecule has 2 aliphatic rings. The van der Waals surface area contributed by atoms with Gasteiger partial charge in [0, 0.05) is 11.7 Å². The largest absolute Gasteiger partial charge is 0.399 e.